The fourth-order valence-electron chi connectivity index (χ4n) is 6.53. The predicted octanol–water partition coefficient (Wildman–Crippen LogP) is 3.36. The summed E-state index contributed by atoms with van der Waals surface area (Å²) >= 11 is 6.03. The fourth-order valence-corrected chi connectivity index (χ4v) is 6.66. The van der Waals surface area contributed by atoms with Crippen LogP contribution < -0.4 is 9.80 Å². The Morgan fingerprint density at radius 2 is 1.97 bits per heavy atom. The maximum atomic E-state index is 12.8. The van der Waals surface area contributed by atoms with E-state index >= 15 is 0 Å². The zero-order valence-corrected chi connectivity index (χ0v) is 19.0. The third-order valence-electron chi connectivity index (χ3n) is 8.25. The van der Waals surface area contributed by atoms with Gasteiger partial charge in [0.25, 0.3) is 0 Å². The lowest BCUT2D eigenvalue weighted by molar-refractivity contribution is -0.903. The highest BCUT2D eigenvalue weighted by Crippen LogP contribution is 2.53. The zero-order valence-electron chi connectivity index (χ0n) is 18.2. The van der Waals surface area contributed by atoms with Gasteiger partial charge < -0.3 is 14.5 Å². The Morgan fingerprint density at radius 3 is 2.70 bits per heavy atom. The van der Waals surface area contributed by atoms with E-state index in [0.29, 0.717) is 5.92 Å². The van der Waals surface area contributed by atoms with Crippen molar-refractivity contribution in [1.82, 2.24) is 0 Å². The van der Waals surface area contributed by atoms with Crippen molar-refractivity contribution >= 4 is 23.3 Å². The number of quaternary nitrogens is 1. The summed E-state index contributed by atoms with van der Waals surface area (Å²) in [6.45, 7) is 9.84. The quantitative estimate of drug-likeness (QED) is 0.591. The van der Waals surface area contributed by atoms with Crippen molar-refractivity contribution in [2.45, 2.75) is 45.6 Å². The van der Waals surface area contributed by atoms with Crippen LogP contribution in [0, 0.1) is 23.2 Å². The van der Waals surface area contributed by atoms with E-state index in [4.69, 9.17) is 16.3 Å². The number of fused-ring (bicyclic) bond motifs is 2. The van der Waals surface area contributed by atoms with Crippen molar-refractivity contribution in [2.24, 2.45) is 23.2 Å². The molecule has 0 unspecified atom stereocenters. The molecular formula is C25H34ClN2O2+. The minimum absolute atomic E-state index is 0.0262. The van der Waals surface area contributed by atoms with Crippen LogP contribution in [0.5, 0.6) is 0 Å². The third kappa shape index (κ3) is 3.67. The Morgan fingerprint density at radius 1 is 1.23 bits per heavy atom. The number of benzene rings is 1. The van der Waals surface area contributed by atoms with Gasteiger partial charge in [0.15, 0.2) is 0 Å². The smallest absolute Gasteiger partial charge is 0.315 e. The first-order chi connectivity index (χ1) is 14.4. The summed E-state index contributed by atoms with van der Waals surface area (Å²) in [5, 5.41) is 0.780. The molecule has 5 atom stereocenters. The van der Waals surface area contributed by atoms with Gasteiger partial charge in [-0.1, -0.05) is 43.5 Å². The number of anilines is 1. The summed E-state index contributed by atoms with van der Waals surface area (Å²) in [6.07, 6.45) is 7.43. The number of allylic oxidation sites excluding steroid dienone is 1. The molecule has 2 aliphatic carbocycles. The first-order valence-electron chi connectivity index (χ1n) is 11.7. The minimum atomic E-state index is 0.0262. The highest BCUT2D eigenvalue weighted by Gasteiger charge is 2.52. The number of carbonyl (C=O) groups is 1. The van der Waals surface area contributed by atoms with E-state index < -0.39 is 0 Å². The predicted molar refractivity (Wildman–Crippen MR) is 120 cm³/mol. The first-order valence-corrected chi connectivity index (χ1v) is 12.1. The fraction of sp³-hybridized carbons (Fsp3) is 0.640. The molecule has 2 heterocycles. The van der Waals surface area contributed by atoms with Crippen LogP contribution in [0.3, 0.4) is 0 Å². The van der Waals surface area contributed by atoms with Gasteiger partial charge >= 0.3 is 5.97 Å². The van der Waals surface area contributed by atoms with Gasteiger partial charge in [0.2, 0.25) is 0 Å². The van der Waals surface area contributed by atoms with E-state index in [-0.39, 0.29) is 29.3 Å². The normalized spacial score (nSPS) is 36.7. The Bertz CT molecular complexity index is 830. The molecule has 1 aromatic carbocycles. The van der Waals surface area contributed by atoms with Crippen molar-refractivity contribution < 1.29 is 14.4 Å². The first kappa shape index (κ1) is 20.4. The summed E-state index contributed by atoms with van der Waals surface area (Å²) < 4.78 is 5.95. The third-order valence-corrected chi connectivity index (χ3v) is 8.50. The molecule has 0 aromatic heterocycles. The van der Waals surface area contributed by atoms with Crippen LogP contribution in [0.2, 0.25) is 5.02 Å². The van der Waals surface area contributed by atoms with Crippen LogP contribution in [-0.2, 0) is 9.53 Å². The molecule has 2 aliphatic heterocycles. The Balaban J connectivity index is 1.25. The molecule has 1 N–H and O–H groups in total. The van der Waals surface area contributed by atoms with E-state index in [2.05, 4.69) is 37.0 Å². The highest BCUT2D eigenvalue weighted by molar-refractivity contribution is 6.30. The summed E-state index contributed by atoms with van der Waals surface area (Å²) in [5.41, 5.74) is 3.09. The molecule has 30 heavy (non-hydrogen) atoms. The van der Waals surface area contributed by atoms with Crippen molar-refractivity contribution in [3.8, 4) is 0 Å². The Hall–Kier alpha value is -1.52. The number of esters is 1. The van der Waals surface area contributed by atoms with Crippen LogP contribution in [0.15, 0.2) is 35.9 Å². The van der Waals surface area contributed by atoms with Crippen LogP contribution in [-0.4, -0.2) is 44.8 Å². The molecule has 162 valence electrons. The largest absolute Gasteiger partial charge is 0.461 e. The molecular weight excluding hydrogens is 396 g/mol. The number of halogens is 1. The van der Waals surface area contributed by atoms with Crippen LogP contribution in [0.4, 0.5) is 5.69 Å². The highest BCUT2D eigenvalue weighted by atomic mass is 35.5. The number of nitrogens with zero attached hydrogens (tertiary/aromatic N) is 1. The maximum absolute atomic E-state index is 12.8. The molecule has 4 nitrogen and oxygen atoms in total. The molecule has 2 saturated heterocycles. The van der Waals surface area contributed by atoms with Crippen molar-refractivity contribution in [1.29, 1.82) is 0 Å². The van der Waals surface area contributed by atoms with E-state index in [1.165, 1.54) is 29.8 Å². The lowest BCUT2D eigenvalue weighted by atomic mass is 9.59. The second-order valence-electron chi connectivity index (χ2n) is 10.3. The van der Waals surface area contributed by atoms with E-state index in [0.717, 1.165) is 44.2 Å². The topological polar surface area (TPSA) is 34.0 Å². The summed E-state index contributed by atoms with van der Waals surface area (Å²) in [4.78, 5) is 16.8. The standard InChI is InChI=1S/C25H33ClN2O2/c1-17-4-3-9-25(2)15-23-20(14-22(17)25)21(24(29)30-23)16-27-10-12-28(13-11-27)19-7-5-18(26)6-8-19/h5-8,14,17,20-21,23H,3-4,9-13,15-16H2,1-2H3/p+1/t17-,20+,21-,23+,25+/m0/s1. The van der Waals surface area contributed by atoms with Gasteiger partial charge in [-0.05, 0) is 54.9 Å². The number of piperazine rings is 1. The lowest BCUT2D eigenvalue weighted by Gasteiger charge is -2.46. The van der Waals surface area contributed by atoms with E-state index in [9.17, 15) is 4.79 Å². The molecule has 0 bridgehead atoms. The zero-order chi connectivity index (χ0) is 20.9. The van der Waals surface area contributed by atoms with Crippen molar-refractivity contribution in [2.75, 3.05) is 37.6 Å². The summed E-state index contributed by atoms with van der Waals surface area (Å²) in [6, 6.07) is 8.12. The van der Waals surface area contributed by atoms with Crippen LogP contribution in [0.1, 0.15) is 39.5 Å². The second kappa shape index (κ2) is 7.87. The molecule has 3 fully saturated rings. The van der Waals surface area contributed by atoms with Crippen LogP contribution >= 0.6 is 11.6 Å². The molecule has 0 radical (unpaired) electrons. The van der Waals surface area contributed by atoms with Crippen LogP contribution in [0.25, 0.3) is 0 Å². The number of hydrogen-bond donors (Lipinski definition) is 1. The lowest BCUT2D eigenvalue weighted by Crippen LogP contribution is -3.15. The Kier molecular flexibility index (Phi) is 5.35. The van der Waals surface area contributed by atoms with Crippen molar-refractivity contribution in [3.05, 3.63) is 40.9 Å². The Labute approximate surface area is 185 Å². The van der Waals surface area contributed by atoms with Gasteiger partial charge in [-0.15, -0.1) is 0 Å². The number of rotatable bonds is 3. The molecule has 5 heteroatoms. The molecule has 0 spiro atoms. The molecule has 0 amide bonds. The van der Waals surface area contributed by atoms with Gasteiger partial charge in [0.05, 0.1) is 32.7 Å². The van der Waals surface area contributed by atoms with Crippen molar-refractivity contribution in [3.63, 3.8) is 0 Å². The molecule has 5 rings (SSSR count). The monoisotopic (exact) mass is 429 g/mol. The number of carbonyl (C=O) groups excluding carboxylic acids is 1. The SMILES string of the molecule is C[C@H]1CCC[C@]2(C)C[C@H]3OC(=O)[C@@H](C[NH+]4CCN(c5ccc(Cl)cc5)CC4)[C@H]3C=C12. The minimum Gasteiger partial charge on any atom is -0.461 e. The summed E-state index contributed by atoms with van der Waals surface area (Å²) in [7, 11) is 0. The second-order valence-corrected chi connectivity index (χ2v) is 10.7. The van der Waals surface area contributed by atoms with Gasteiger partial charge in [-0.3, -0.25) is 4.79 Å². The van der Waals surface area contributed by atoms with Gasteiger partial charge in [0, 0.05) is 16.6 Å². The van der Waals surface area contributed by atoms with E-state index in [1.807, 2.05) is 12.1 Å². The number of hydrogen-bond acceptors (Lipinski definition) is 3. The van der Waals surface area contributed by atoms with Gasteiger partial charge in [0.1, 0.15) is 12.0 Å². The average Bonchev–Trinajstić information content (AvgIpc) is 3.01. The molecule has 1 saturated carbocycles. The number of nitrogens with one attached hydrogen (secondary N) is 1. The average molecular weight is 430 g/mol. The maximum Gasteiger partial charge on any atom is 0.315 e. The molecule has 4 aliphatic rings. The molecule has 1 aromatic rings. The van der Waals surface area contributed by atoms with E-state index in [1.54, 1.807) is 5.57 Å². The van der Waals surface area contributed by atoms with Gasteiger partial charge in [-0.2, -0.15) is 0 Å². The van der Waals surface area contributed by atoms with Gasteiger partial charge in [-0.25, -0.2) is 0 Å². The summed E-state index contributed by atoms with van der Waals surface area (Å²) in [5.74, 6) is 1.00. The number of ether oxygens (including phenoxy) is 1.